The van der Waals surface area contributed by atoms with Gasteiger partial charge in [0.05, 0.1) is 0 Å². The van der Waals surface area contributed by atoms with Gasteiger partial charge in [0.25, 0.3) is 0 Å². The highest BCUT2D eigenvalue weighted by molar-refractivity contribution is 6.30. The van der Waals surface area contributed by atoms with Gasteiger partial charge in [0.15, 0.2) is 0 Å². The van der Waals surface area contributed by atoms with Crippen molar-refractivity contribution in [3.8, 4) is 0 Å². The summed E-state index contributed by atoms with van der Waals surface area (Å²) >= 11 is 6.12. The molecule has 1 saturated carbocycles. The topological polar surface area (TPSA) is 58.4 Å². The van der Waals surface area contributed by atoms with Crippen molar-refractivity contribution in [2.45, 2.75) is 38.6 Å². The van der Waals surface area contributed by atoms with Crippen LogP contribution in [0.2, 0.25) is 5.02 Å². The van der Waals surface area contributed by atoms with E-state index in [1.807, 2.05) is 12.1 Å². The van der Waals surface area contributed by atoms with E-state index in [2.05, 4.69) is 23.2 Å². The molecule has 1 aromatic rings. The summed E-state index contributed by atoms with van der Waals surface area (Å²) < 4.78 is 0. The monoisotopic (exact) mass is 335 g/mol. The van der Waals surface area contributed by atoms with Gasteiger partial charge in [-0.2, -0.15) is 0 Å². The van der Waals surface area contributed by atoms with Crippen LogP contribution in [0.4, 0.5) is 5.69 Å². The van der Waals surface area contributed by atoms with Gasteiger partial charge in [-0.3, -0.25) is 4.79 Å². The average Bonchev–Trinajstić information content (AvgIpc) is 3.16. The van der Waals surface area contributed by atoms with E-state index in [4.69, 9.17) is 17.3 Å². The Morgan fingerprint density at radius 3 is 2.96 bits per heavy atom. The quantitative estimate of drug-likeness (QED) is 0.889. The first-order valence-corrected chi connectivity index (χ1v) is 8.95. The largest absolute Gasteiger partial charge is 0.371 e. The van der Waals surface area contributed by atoms with Crippen LogP contribution in [0.15, 0.2) is 18.2 Å². The van der Waals surface area contributed by atoms with Crippen LogP contribution in [-0.2, 0) is 4.79 Å². The Bertz CT molecular complexity index is 577. The Labute approximate surface area is 143 Å². The Morgan fingerprint density at radius 1 is 1.39 bits per heavy atom. The third-order valence-corrected chi connectivity index (χ3v) is 5.44. The maximum absolute atomic E-state index is 12.2. The molecule has 1 heterocycles. The summed E-state index contributed by atoms with van der Waals surface area (Å²) in [6, 6.07) is 6.24. The van der Waals surface area contributed by atoms with Gasteiger partial charge in [-0.25, -0.2) is 0 Å². The van der Waals surface area contributed by atoms with E-state index in [0.29, 0.717) is 5.92 Å². The van der Waals surface area contributed by atoms with Gasteiger partial charge >= 0.3 is 0 Å². The second kappa shape index (κ2) is 7.10. The van der Waals surface area contributed by atoms with Crippen molar-refractivity contribution in [3.63, 3.8) is 0 Å². The van der Waals surface area contributed by atoms with Crippen LogP contribution < -0.4 is 16.0 Å². The molecule has 1 aromatic carbocycles. The van der Waals surface area contributed by atoms with Gasteiger partial charge in [0.2, 0.25) is 5.91 Å². The molecule has 1 amide bonds. The second-order valence-electron chi connectivity index (χ2n) is 7.05. The van der Waals surface area contributed by atoms with Crippen molar-refractivity contribution < 1.29 is 4.79 Å². The SMILES string of the molecule is Cc1ccc(Cl)cc1N1CC[C@H](CNC(=O)[C@H]2CC[C@H](N)C2)C1. The van der Waals surface area contributed by atoms with Crippen LogP contribution in [-0.4, -0.2) is 31.6 Å². The molecule has 0 aromatic heterocycles. The lowest BCUT2D eigenvalue weighted by Crippen LogP contribution is -2.35. The van der Waals surface area contributed by atoms with E-state index >= 15 is 0 Å². The van der Waals surface area contributed by atoms with Crippen molar-refractivity contribution in [3.05, 3.63) is 28.8 Å². The summed E-state index contributed by atoms with van der Waals surface area (Å²) in [5.41, 5.74) is 8.36. The zero-order valence-corrected chi connectivity index (χ0v) is 14.5. The number of hydrogen-bond donors (Lipinski definition) is 2. The number of nitrogens with one attached hydrogen (secondary N) is 1. The zero-order valence-electron chi connectivity index (χ0n) is 13.7. The summed E-state index contributed by atoms with van der Waals surface area (Å²) in [5.74, 6) is 0.820. The number of carbonyl (C=O) groups excluding carboxylic acids is 1. The molecule has 0 bridgehead atoms. The van der Waals surface area contributed by atoms with E-state index < -0.39 is 0 Å². The lowest BCUT2D eigenvalue weighted by molar-refractivity contribution is -0.125. The van der Waals surface area contributed by atoms with Gasteiger partial charge in [-0.1, -0.05) is 17.7 Å². The Kier molecular flexibility index (Phi) is 5.12. The van der Waals surface area contributed by atoms with E-state index in [9.17, 15) is 4.79 Å². The number of hydrogen-bond acceptors (Lipinski definition) is 3. The summed E-state index contributed by atoms with van der Waals surface area (Å²) in [6.45, 7) is 4.88. The average molecular weight is 336 g/mol. The number of amides is 1. The minimum absolute atomic E-state index is 0.123. The van der Waals surface area contributed by atoms with Crippen LogP contribution in [0.3, 0.4) is 0 Å². The van der Waals surface area contributed by atoms with Gasteiger partial charge in [-0.05, 0) is 56.2 Å². The van der Waals surface area contributed by atoms with E-state index in [1.54, 1.807) is 0 Å². The van der Waals surface area contributed by atoms with Crippen LogP contribution in [0.5, 0.6) is 0 Å². The molecule has 2 aliphatic rings. The zero-order chi connectivity index (χ0) is 16.4. The standard InChI is InChI=1S/C18H26ClN3O/c1-12-2-4-15(19)9-17(12)22-7-6-13(11-22)10-21-18(23)14-3-5-16(20)8-14/h2,4,9,13-14,16H,3,5-8,10-11,20H2,1H3,(H,21,23)/t13-,14+,16+/m1/s1. The predicted octanol–water partition coefficient (Wildman–Crippen LogP) is 2.72. The number of carbonyl (C=O) groups is 1. The smallest absolute Gasteiger partial charge is 0.223 e. The number of aryl methyl sites for hydroxylation is 1. The number of rotatable bonds is 4. The number of halogens is 1. The molecule has 3 rings (SSSR count). The molecule has 3 atom stereocenters. The second-order valence-corrected chi connectivity index (χ2v) is 7.48. The van der Waals surface area contributed by atoms with Crippen LogP contribution >= 0.6 is 11.6 Å². The lowest BCUT2D eigenvalue weighted by atomic mass is 10.1. The summed E-state index contributed by atoms with van der Waals surface area (Å²) in [5, 5.41) is 3.92. The fraction of sp³-hybridized carbons (Fsp3) is 0.611. The van der Waals surface area contributed by atoms with E-state index in [0.717, 1.165) is 50.3 Å². The molecule has 5 heteroatoms. The van der Waals surface area contributed by atoms with Gasteiger partial charge in [-0.15, -0.1) is 0 Å². The highest BCUT2D eigenvalue weighted by atomic mass is 35.5. The van der Waals surface area contributed by atoms with Crippen molar-refractivity contribution >= 4 is 23.2 Å². The number of benzene rings is 1. The number of nitrogens with two attached hydrogens (primary N) is 1. The summed E-state index contributed by atoms with van der Waals surface area (Å²) in [4.78, 5) is 14.6. The molecular formula is C18H26ClN3O. The Balaban J connectivity index is 1.50. The lowest BCUT2D eigenvalue weighted by Gasteiger charge is -2.21. The Morgan fingerprint density at radius 2 is 2.22 bits per heavy atom. The van der Waals surface area contributed by atoms with Gasteiger partial charge in [0, 0.05) is 42.3 Å². The van der Waals surface area contributed by atoms with Crippen molar-refractivity contribution in [2.24, 2.45) is 17.6 Å². The Hall–Kier alpha value is -1.26. The maximum atomic E-state index is 12.2. The fourth-order valence-electron chi connectivity index (χ4n) is 3.79. The number of nitrogens with zero attached hydrogens (tertiary/aromatic N) is 1. The molecule has 23 heavy (non-hydrogen) atoms. The first kappa shape index (κ1) is 16.6. The third kappa shape index (κ3) is 3.99. The van der Waals surface area contributed by atoms with Gasteiger partial charge < -0.3 is 16.0 Å². The first-order chi connectivity index (χ1) is 11.0. The van der Waals surface area contributed by atoms with E-state index in [1.165, 1.54) is 11.3 Å². The van der Waals surface area contributed by atoms with Crippen LogP contribution in [0, 0.1) is 18.8 Å². The molecular weight excluding hydrogens is 310 g/mol. The highest BCUT2D eigenvalue weighted by Crippen LogP contribution is 2.29. The molecule has 1 saturated heterocycles. The normalized spacial score (nSPS) is 27.4. The minimum Gasteiger partial charge on any atom is -0.371 e. The molecule has 2 fully saturated rings. The van der Waals surface area contributed by atoms with Crippen LogP contribution in [0.1, 0.15) is 31.2 Å². The molecule has 0 radical (unpaired) electrons. The predicted molar refractivity (Wildman–Crippen MR) is 94.8 cm³/mol. The highest BCUT2D eigenvalue weighted by Gasteiger charge is 2.29. The van der Waals surface area contributed by atoms with Crippen molar-refractivity contribution in [2.75, 3.05) is 24.5 Å². The molecule has 4 nitrogen and oxygen atoms in total. The fourth-order valence-corrected chi connectivity index (χ4v) is 3.95. The molecule has 1 aliphatic heterocycles. The van der Waals surface area contributed by atoms with E-state index in [-0.39, 0.29) is 17.9 Å². The molecule has 0 spiro atoms. The molecule has 1 aliphatic carbocycles. The number of anilines is 1. The summed E-state index contributed by atoms with van der Waals surface area (Å²) in [6.07, 6.45) is 3.86. The molecule has 126 valence electrons. The molecule has 3 N–H and O–H groups in total. The summed E-state index contributed by atoms with van der Waals surface area (Å²) in [7, 11) is 0. The first-order valence-electron chi connectivity index (χ1n) is 8.57. The van der Waals surface area contributed by atoms with Crippen LogP contribution in [0.25, 0.3) is 0 Å². The maximum Gasteiger partial charge on any atom is 0.223 e. The van der Waals surface area contributed by atoms with Crippen molar-refractivity contribution in [1.82, 2.24) is 5.32 Å². The van der Waals surface area contributed by atoms with Crippen molar-refractivity contribution in [1.29, 1.82) is 0 Å². The molecule has 0 unspecified atom stereocenters. The minimum atomic E-state index is 0.123. The van der Waals surface area contributed by atoms with Gasteiger partial charge in [0.1, 0.15) is 0 Å². The third-order valence-electron chi connectivity index (χ3n) is 5.21.